The largest absolute Gasteiger partial charge is 0.486 e. The summed E-state index contributed by atoms with van der Waals surface area (Å²) in [6.07, 6.45) is 0. The fourth-order valence-electron chi connectivity index (χ4n) is 2.46. The molecule has 1 aromatic carbocycles. The van der Waals surface area contributed by atoms with Gasteiger partial charge in [0.1, 0.15) is 13.2 Å². The molecule has 5 nitrogen and oxygen atoms in total. The van der Waals surface area contributed by atoms with E-state index in [1.54, 1.807) is 0 Å². The molecule has 1 atom stereocenters. The smallest absolute Gasteiger partial charge is 0.161 e. The summed E-state index contributed by atoms with van der Waals surface area (Å²) in [5.74, 6) is 1.62. The first-order valence-corrected chi connectivity index (χ1v) is 6.78. The van der Waals surface area contributed by atoms with Gasteiger partial charge in [0, 0.05) is 25.7 Å². The molecule has 0 saturated carbocycles. The maximum atomic E-state index is 6.28. The van der Waals surface area contributed by atoms with Crippen molar-refractivity contribution in [3.05, 3.63) is 23.8 Å². The molecule has 0 aromatic heterocycles. The number of fused-ring (bicyclic) bond motifs is 1. The number of rotatable bonds is 3. The zero-order chi connectivity index (χ0) is 13.1. The lowest BCUT2D eigenvalue weighted by Crippen LogP contribution is -2.40. The van der Waals surface area contributed by atoms with E-state index in [9.17, 15) is 0 Å². The molecular formula is C14H20N2O3. The molecule has 2 aliphatic heterocycles. The highest BCUT2D eigenvalue weighted by atomic mass is 16.6. The SMILES string of the molecule is NC(CN1CCOCC1)c1ccc2c(c1)OCCO2. The highest BCUT2D eigenvalue weighted by Crippen LogP contribution is 2.32. The van der Waals surface area contributed by atoms with Crippen LogP contribution in [0.2, 0.25) is 0 Å². The van der Waals surface area contributed by atoms with E-state index in [0.717, 1.165) is 49.9 Å². The van der Waals surface area contributed by atoms with Gasteiger partial charge in [-0.1, -0.05) is 6.07 Å². The van der Waals surface area contributed by atoms with Crippen LogP contribution in [0.15, 0.2) is 18.2 Å². The number of nitrogens with zero attached hydrogens (tertiary/aromatic N) is 1. The lowest BCUT2D eigenvalue weighted by Gasteiger charge is -2.29. The van der Waals surface area contributed by atoms with Gasteiger partial charge in [-0.2, -0.15) is 0 Å². The van der Waals surface area contributed by atoms with Crippen LogP contribution in [-0.4, -0.2) is 51.0 Å². The monoisotopic (exact) mass is 264 g/mol. The topological polar surface area (TPSA) is 57.0 Å². The first-order valence-electron chi connectivity index (χ1n) is 6.78. The molecule has 3 rings (SSSR count). The van der Waals surface area contributed by atoms with E-state index in [2.05, 4.69) is 4.90 Å². The molecule has 0 radical (unpaired) electrons. The second-order valence-corrected chi connectivity index (χ2v) is 4.92. The van der Waals surface area contributed by atoms with Crippen molar-refractivity contribution in [2.24, 2.45) is 5.73 Å². The molecule has 2 heterocycles. The highest BCUT2D eigenvalue weighted by molar-refractivity contribution is 5.44. The molecule has 1 fully saturated rings. The molecule has 1 unspecified atom stereocenters. The third kappa shape index (κ3) is 3.00. The maximum Gasteiger partial charge on any atom is 0.161 e. The third-order valence-corrected chi connectivity index (χ3v) is 3.55. The van der Waals surface area contributed by atoms with E-state index < -0.39 is 0 Å². The first-order chi connectivity index (χ1) is 9.33. The minimum absolute atomic E-state index is 0.00562. The van der Waals surface area contributed by atoms with Gasteiger partial charge in [0.15, 0.2) is 11.5 Å². The van der Waals surface area contributed by atoms with Crippen LogP contribution >= 0.6 is 0 Å². The summed E-state index contributed by atoms with van der Waals surface area (Å²) < 4.78 is 16.4. The second-order valence-electron chi connectivity index (χ2n) is 4.92. The van der Waals surface area contributed by atoms with E-state index in [1.807, 2.05) is 18.2 Å². The Hall–Kier alpha value is -1.30. The zero-order valence-corrected chi connectivity index (χ0v) is 11.0. The average Bonchev–Trinajstić information content (AvgIpc) is 2.48. The molecule has 0 aliphatic carbocycles. The van der Waals surface area contributed by atoms with Crippen molar-refractivity contribution in [1.29, 1.82) is 0 Å². The summed E-state index contributed by atoms with van der Waals surface area (Å²) >= 11 is 0. The van der Waals surface area contributed by atoms with Crippen molar-refractivity contribution < 1.29 is 14.2 Å². The summed E-state index contributed by atoms with van der Waals surface area (Å²) in [6.45, 7) is 5.59. The number of nitrogens with two attached hydrogens (primary N) is 1. The molecular weight excluding hydrogens is 244 g/mol. The number of benzene rings is 1. The molecule has 1 saturated heterocycles. The molecule has 5 heteroatoms. The fraction of sp³-hybridized carbons (Fsp3) is 0.571. The Morgan fingerprint density at radius 1 is 1.05 bits per heavy atom. The average molecular weight is 264 g/mol. The third-order valence-electron chi connectivity index (χ3n) is 3.55. The molecule has 2 aliphatic rings. The van der Waals surface area contributed by atoms with E-state index >= 15 is 0 Å². The van der Waals surface area contributed by atoms with Crippen molar-refractivity contribution in [3.63, 3.8) is 0 Å². The molecule has 0 bridgehead atoms. The van der Waals surface area contributed by atoms with Gasteiger partial charge in [0.05, 0.1) is 13.2 Å². The van der Waals surface area contributed by atoms with Gasteiger partial charge in [-0.15, -0.1) is 0 Å². The van der Waals surface area contributed by atoms with Crippen molar-refractivity contribution in [2.45, 2.75) is 6.04 Å². The van der Waals surface area contributed by atoms with Crippen molar-refractivity contribution in [1.82, 2.24) is 4.90 Å². The van der Waals surface area contributed by atoms with Crippen molar-refractivity contribution in [2.75, 3.05) is 46.1 Å². The Morgan fingerprint density at radius 3 is 2.58 bits per heavy atom. The summed E-state index contributed by atoms with van der Waals surface area (Å²) in [4.78, 5) is 2.34. The highest BCUT2D eigenvalue weighted by Gasteiger charge is 2.18. The van der Waals surface area contributed by atoms with Gasteiger partial charge in [-0.3, -0.25) is 4.90 Å². The Bertz CT molecular complexity index is 433. The number of ether oxygens (including phenoxy) is 3. The minimum Gasteiger partial charge on any atom is -0.486 e. The molecule has 104 valence electrons. The second kappa shape index (κ2) is 5.77. The normalized spacial score (nSPS) is 21.1. The number of hydrogen-bond acceptors (Lipinski definition) is 5. The summed E-state index contributed by atoms with van der Waals surface area (Å²) in [5, 5.41) is 0. The molecule has 2 N–H and O–H groups in total. The summed E-state index contributed by atoms with van der Waals surface area (Å²) in [7, 11) is 0. The van der Waals surface area contributed by atoms with Gasteiger partial charge >= 0.3 is 0 Å². The van der Waals surface area contributed by atoms with Crippen LogP contribution in [-0.2, 0) is 4.74 Å². The predicted molar refractivity (Wildman–Crippen MR) is 71.6 cm³/mol. The Labute approximate surface area is 113 Å². The molecule has 0 spiro atoms. The van der Waals surface area contributed by atoms with Crippen LogP contribution in [0, 0.1) is 0 Å². The zero-order valence-electron chi connectivity index (χ0n) is 11.0. The number of hydrogen-bond donors (Lipinski definition) is 1. The van der Waals surface area contributed by atoms with Gasteiger partial charge in [0.25, 0.3) is 0 Å². The number of morpholine rings is 1. The Morgan fingerprint density at radius 2 is 1.79 bits per heavy atom. The molecule has 0 amide bonds. The van der Waals surface area contributed by atoms with E-state index in [0.29, 0.717) is 13.2 Å². The van der Waals surface area contributed by atoms with Gasteiger partial charge < -0.3 is 19.9 Å². The summed E-state index contributed by atoms with van der Waals surface area (Å²) in [6, 6.07) is 5.97. The van der Waals surface area contributed by atoms with Crippen LogP contribution in [0.3, 0.4) is 0 Å². The van der Waals surface area contributed by atoms with Crippen LogP contribution in [0.5, 0.6) is 11.5 Å². The Kier molecular flexibility index (Phi) is 3.87. The van der Waals surface area contributed by atoms with E-state index in [-0.39, 0.29) is 6.04 Å². The summed E-state index contributed by atoms with van der Waals surface area (Å²) in [5.41, 5.74) is 7.37. The van der Waals surface area contributed by atoms with E-state index in [1.165, 1.54) is 0 Å². The Balaban J connectivity index is 1.67. The van der Waals surface area contributed by atoms with Gasteiger partial charge in [0.2, 0.25) is 0 Å². The van der Waals surface area contributed by atoms with Crippen LogP contribution in [0.4, 0.5) is 0 Å². The maximum absolute atomic E-state index is 6.28. The quantitative estimate of drug-likeness (QED) is 0.874. The van der Waals surface area contributed by atoms with Crippen LogP contribution < -0.4 is 15.2 Å². The first kappa shape index (κ1) is 12.7. The lowest BCUT2D eigenvalue weighted by molar-refractivity contribution is 0.0352. The molecule has 19 heavy (non-hydrogen) atoms. The van der Waals surface area contributed by atoms with Crippen molar-refractivity contribution >= 4 is 0 Å². The van der Waals surface area contributed by atoms with Crippen LogP contribution in [0.25, 0.3) is 0 Å². The van der Waals surface area contributed by atoms with Gasteiger partial charge in [-0.25, -0.2) is 0 Å². The molecule has 1 aromatic rings. The minimum atomic E-state index is -0.00562. The predicted octanol–water partition coefficient (Wildman–Crippen LogP) is 0.790. The fourth-order valence-corrected chi connectivity index (χ4v) is 2.46. The van der Waals surface area contributed by atoms with Gasteiger partial charge in [-0.05, 0) is 17.7 Å². The van der Waals surface area contributed by atoms with Crippen LogP contribution in [0.1, 0.15) is 11.6 Å². The van der Waals surface area contributed by atoms with Crippen molar-refractivity contribution in [3.8, 4) is 11.5 Å². The van der Waals surface area contributed by atoms with E-state index in [4.69, 9.17) is 19.9 Å². The lowest BCUT2D eigenvalue weighted by atomic mass is 10.1. The standard InChI is InChI=1S/C14H20N2O3/c15-12(10-16-3-5-17-6-4-16)11-1-2-13-14(9-11)19-8-7-18-13/h1-2,9,12H,3-8,10,15H2.